The van der Waals surface area contributed by atoms with Gasteiger partial charge in [0.1, 0.15) is 11.6 Å². The zero-order valence-electron chi connectivity index (χ0n) is 8.58. The van der Waals surface area contributed by atoms with Gasteiger partial charge in [-0.2, -0.15) is 0 Å². The zero-order chi connectivity index (χ0) is 11.4. The van der Waals surface area contributed by atoms with Crippen LogP contribution in [0, 0.1) is 11.6 Å². The summed E-state index contributed by atoms with van der Waals surface area (Å²) < 4.78 is 26.1. The van der Waals surface area contributed by atoms with Crippen LogP contribution in [0.1, 0.15) is 5.56 Å². The van der Waals surface area contributed by atoms with Crippen LogP contribution in [0.3, 0.4) is 0 Å². The summed E-state index contributed by atoms with van der Waals surface area (Å²) in [6.07, 6.45) is 0. The molecule has 1 nitrogen and oxygen atoms in total. The van der Waals surface area contributed by atoms with Gasteiger partial charge >= 0.3 is 0 Å². The molecule has 0 bridgehead atoms. The number of hydrogen-bond donors (Lipinski definition) is 1. The number of rotatable bonds is 3. The van der Waals surface area contributed by atoms with E-state index < -0.39 is 11.6 Å². The van der Waals surface area contributed by atoms with E-state index in [-0.39, 0.29) is 5.69 Å². The van der Waals surface area contributed by atoms with E-state index in [2.05, 4.69) is 5.32 Å². The number of hydrogen-bond acceptors (Lipinski definition) is 1. The van der Waals surface area contributed by atoms with Gasteiger partial charge < -0.3 is 5.32 Å². The number of benzene rings is 2. The molecular formula is C13H11F2N. The van der Waals surface area contributed by atoms with Crippen molar-refractivity contribution < 1.29 is 8.78 Å². The Balaban J connectivity index is 2.08. The molecule has 0 aromatic heterocycles. The standard InChI is InChI=1S/C13H11F2N/c14-11-6-7-12(15)13(8-11)16-9-10-4-2-1-3-5-10/h1-8,16H,9H2. The highest BCUT2D eigenvalue weighted by Crippen LogP contribution is 2.16. The lowest BCUT2D eigenvalue weighted by molar-refractivity contribution is 0.602. The van der Waals surface area contributed by atoms with Crippen molar-refractivity contribution in [2.75, 3.05) is 5.32 Å². The predicted octanol–water partition coefficient (Wildman–Crippen LogP) is 3.58. The summed E-state index contributed by atoms with van der Waals surface area (Å²) in [5, 5.41) is 2.86. The Hall–Kier alpha value is -1.90. The van der Waals surface area contributed by atoms with Crippen molar-refractivity contribution in [1.82, 2.24) is 0 Å². The minimum atomic E-state index is -0.447. The highest BCUT2D eigenvalue weighted by Gasteiger charge is 2.02. The van der Waals surface area contributed by atoms with Crippen LogP contribution in [0.2, 0.25) is 0 Å². The van der Waals surface area contributed by atoms with Crippen LogP contribution >= 0.6 is 0 Å². The fraction of sp³-hybridized carbons (Fsp3) is 0.0769. The molecule has 82 valence electrons. The van der Waals surface area contributed by atoms with E-state index in [1.54, 1.807) is 0 Å². The lowest BCUT2D eigenvalue weighted by atomic mass is 10.2. The van der Waals surface area contributed by atoms with Gasteiger partial charge in [0.05, 0.1) is 5.69 Å². The van der Waals surface area contributed by atoms with E-state index in [1.165, 1.54) is 0 Å². The average molecular weight is 219 g/mol. The first-order valence-electron chi connectivity index (χ1n) is 4.98. The number of nitrogens with one attached hydrogen (secondary N) is 1. The van der Waals surface area contributed by atoms with E-state index in [1.807, 2.05) is 30.3 Å². The molecule has 2 rings (SSSR count). The van der Waals surface area contributed by atoms with E-state index in [9.17, 15) is 8.78 Å². The highest BCUT2D eigenvalue weighted by atomic mass is 19.1. The van der Waals surface area contributed by atoms with Gasteiger partial charge in [-0.05, 0) is 23.8 Å². The molecule has 0 heterocycles. The Bertz CT molecular complexity index is 469. The minimum Gasteiger partial charge on any atom is -0.379 e. The Labute approximate surface area is 92.7 Å². The van der Waals surface area contributed by atoms with Crippen molar-refractivity contribution in [3.8, 4) is 0 Å². The van der Waals surface area contributed by atoms with Gasteiger partial charge in [-0.15, -0.1) is 0 Å². The van der Waals surface area contributed by atoms with Crippen LogP contribution in [-0.2, 0) is 6.54 Å². The fourth-order valence-electron chi connectivity index (χ4n) is 1.43. The fourth-order valence-corrected chi connectivity index (χ4v) is 1.43. The second-order valence-electron chi connectivity index (χ2n) is 3.46. The monoisotopic (exact) mass is 219 g/mol. The Morgan fingerprint density at radius 3 is 2.44 bits per heavy atom. The Morgan fingerprint density at radius 2 is 1.69 bits per heavy atom. The first-order valence-corrected chi connectivity index (χ1v) is 4.98. The molecule has 0 aliphatic heterocycles. The normalized spacial score (nSPS) is 10.1. The molecule has 0 atom stereocenters. The van der Waals surface area contributed by atoms with E-state index in [0.29, 0.717) is 6.54 Å². The lowest BCUT2D eigenvalue weighted by Crippen LogP contribution is -2.01. The minimum absolute atomic E-state index is 0.184. The van der Waals surface area contributed by atoms with Crippen LogP contribution in [0.15, 0.2) is 48.5 Å². The number of anilines is 1. The molecule has 2 aromatic rings. The van der Waals surface area contributed by atoms with Gasteiger partial charge in [0.15, 0.2) is 0 Å². The average Bonchev–Trinajstić information content (AvgIpc) is 2.32. The molecule has 0 unspecified atom stereocenters. The first kappa shape index (κ1) is 10.6. The van der Waals surface area contributed by atoms with Crippen molar-refractivity contribution in [2.24, 2.45) is 0 Å². The molecule has 0 fully saturated rings. The summed E-state index contributed by atoms with van der Waals surface area (Å²) in [6.45, 7) is 0.473. The third-order valence-corrected chi connectivity index (χ3v) is 2.25. The summed E-state index contributed by atoms with van der Waals surface area (Å²) in [5.41, 5.74) is 1.20. The maximum Gasteiger partial charge on any atom is 0.146 e. The molecule has 0 aliphatic carbocycles. The Morgan fingerprint density at radius 1 is 0.938 bits per heavy atom. The van der Waals surface area contributed by atoms with Crippen LogP contribution in [-0.4, -0.2) is 0 Å². The van der Waals surface area contributed by atoms with Gasteiger partial charge in [-0.25, -0.2) is 8.78 Å². The third-order valence-electron chi connectivity index (χ3n) is 2.25. The molecule has 0 amide bonds. The van der Waals surface area contributed by atoms with Gasteiger partial charge in [-0.1, -0.05) is 30.3 Å². The maximum absolute atomic E-state index is 13.2. The molecule has 2 aromatic carbocycles. The van der Waals surface area contributed by atoms with Gasteiger partial charge in [0, 0.05) is 6.54 Å². The topological polar surface area (TPSA) is 12.0 Å². The summed E-state index contributed by atoms with van der Waals surface area (Å²) in [6, 6.07) is 12.9. The third kappa shape index (κ3) is 2.57. The summed E-state index contributed by atoms with van der Waals surface area (Å²) in [5.74, 6) is -0.894. The quantitative estimate of drug-likeness (QED) is 0.832. The van der Waals surface area contributed by atoms with Crippen molar-refractivity contribution in [2.45, 2.75) is 6.54 Å². The molecule has 1 N–H and O–H groups in total. The molecular weight excluding hydrogens is 208 g/mol. The second kappa shape index (κ2) is 4.75. The smallest absolute Gasteiger partial charge is 0.146 e. The molecule has 0 saturated heterocycles. The molecule has 0 aliphatic rings. The molecule has 0 radical (unpaired) electrons. The molecule has 16 heavy (non-hydrogen) atoms. The van der Waals surface area contributed by atoms with Crippen LogP contribution < -0.4 is 5.32 Å². The summed E-state index contributed by atoms with van der Waals surface area (Å²) in [4.78, 5) is 0. The molecule has 0 saturated carbocycles. The molecule has 0 spiro atoms. The summed E-state index contributed by atoms with van der Waals surface area (Å²) >= 11 is 0. The van der Waals surface area contributed by atoms with Crippen LogP contribution in [0.4, 0.5) is 14.5 Å². The van der Waals surface area contributed by atoms with Crippen molar-refractivity contribution in [1.29, 1.82) is 0 Å². The van der Waals surface area contributed by atoms with Gasteiger partial charge in [0.25, 0.3) is 0 Å². The lowest BCUT2D eigenvalue weighted by Gasteiger charge is -2.07. The zero-order valence-corrected chi connectivity index (χ0v) is 8.58. The van der Waals surface area contributed by atoms with Crippen molar-refractivity contribution in [3.05, 3.63) is 65.7 Å². The highest BCUT2D eigenvalue weighted by molar-refractivity contribution is 5.45. The number of halogens is 2. The van der Waals surface area contributed by atoms with Gasteiger partial charge in [0.2, 0.25) is 0 Å². The van der Waals surface area contributed by atoms with Crippen LogP contribution in [0.5, 0.6) is 0 Å². The summed E-state index contributed by atoms with van der Waals surface area (Å²) in [7, 11) is 0. The largest absolute Gasteiger partial charge is 0.379 e. The SMILES string of the molecule is Fc1ccc(F)c(NCc2ccccc2)c1. The molecule has 3 heteroatoms. The van der Waals surface area contributed by atoms with Crippen molar-refractivity contribution >= 4 is 5.69 Å². The Kier molecular flexibility index (Phi) is 3.15. The predicted molar refractivity (Wildman–Crippen MR) is 60.1 cm³/mol. The maximum atomic E-state index is 13.2. The van der Waals surface area contributed by atoms with Crippen molar-refractivity contribution in [3.63, 3.8) is 0 Å². The van der Waals surface area contributed by atoms with E-state index in [4.69, 9.17) is 0 Å². The van der Waals surface area contributed by atoms with E-state index >= 15 is 0 Å². The second-order valence-corrected chi connectivity index (χ2v) is 3.46. The van der Waals surface area contributed by atoms with Gasteiger partial charge in [-0.3, -0.25) is 0 Å². The first-order chi connectivity index (χ1) is 7.75. The van der Waals surface area contributed by atoms with Crippen LogP contribution in [0.25, 0.3) is 0 Å². The van der Waals surface area contributed by atoms with E-state index in [0.717, 1.165) is 23.8 Å².